The number of hydrogen-bond donors (Lipinski definition) is 0. The van der Waals surface area contributed by atoms with Crippen molar-refractivity contribution in [2.75, 3.05) is 26.2 Å². The number of nitrogens with zero attached hydrogens (tertiary/aromatic N) is 4. The lowest BCUT2D eigenvalue weighted by Gasteiger charge is -2.59. The molecule has 0 N–H and O–H groups in total. The van der Waals surface area contributed by atoms with Crippen molar-refractivity contribution in [2.45, 2.75) is 133 Å². The van der Waals surface area contributed by atoms with Gasteiger partial charge in [0.15, 0.2) is 0 Å². The molecule has 2 amide bonds. The summed E-state index contributed by atoms with van der Waals surface area (Å²) in [6, 6.07) is 7.46. The van der Waals surface area contributed by atoms with Crippen molar-refractivity contribution in [1.82, 2.24) is 20.0 Å². The van der Waals surface area contributed by atoms with Gasteiger partial charge in [0.05, 0.1) is 0 Å². The largest absolute Gasteiger partial charge is 0.271 e. The highest BCUT2D eigenvalue weighted by Crippen LogP contribution is 2.49. The molecule has 6 nitrogen and oxygen atoms in total. The molecule has 42 heavy (non-hydrogen) atoms. The van der Waals surface area contributed by atoms with E-state index < -0.39 is 0 Å². The molecule has 0 bridgehead atoms. The first kappa shape index (κ1) is 34.6. The van der Waals surface area contributed by atoms with E-state index in [1.165, 1.54) is 0 Å². The Labute approximate surface area is 258 Å². The van der Waals surface area contributed by atoms with Crippen molar-refractivity contribution in [1.29, 1.82) is 0 Å². The summed E-state index contributed by atoms with van der Waals surface area (Å²) in [5, 5.41) is 8.66. The first-order valence-electron chi connectivity index (χ1n) is 16.8. The van der Waals surface area contributed by atoms with Crippen LogP contribution in [-0.4, -0.2) is 69.1 Å². The Morgan fingerprint density at radius 1 is 0.667 bits per heavy atom. The predicted molar refractivity (Wildman–Crippen MR) is 175 cm³/mol. The quantitative estimate of drug-likeness (QED) is 0.278. The second-order valence-corrected chi connectivity index (χ2v) is 15.3. The average molecular weight is 583 g/mol. The zero-order valence-corrected chi connectivity index (χ0v) is 29.1. The van der Waals surface area contributed by atoms with Crippen LogP contribution in [0, 0.1) is 22.7 Å². The lowest BCUT2D eigenvalue weighted by atomic mass is 9.63. The molecule has 2 saturated heterocycles. The van der Waals surface area contributed by atoms with Gasteiger partial charge >= 0.3 is 0 Å². The highest BCUT2D eigenvalue weighted by atomic mass is 16.2. The monoisotopic (exact) mass is 582 g/mol. The molecule has 2 heterocycles. The molecule has 6 heteroatoms. The fourth-order valence-corrected chi connectivity index (χ4v) is 6.96. The molecule has 0 saturated carbocycles. The minimum Gasteiger partial charge on any atom is -0.271 e. The molecule has 2 fully saturated rings. The van der Waals surface area contributed by atoms with E-state index in [-0.39, 0.29) is 33.7 Å². The summed E-state index contributed by atoms with van der Waals surface area (Å²) in [5.41, 5.74) is 1.06. The smallest absolute Gasteiger partial charge is 0.268 e. The van der Waals surface area contributed by atoms with Crippen molar-refractivity contribution in [3.8, 4) is 0 Å². The van der Waals surface area contributed by atoms with Gasteiger partial charge in [-0.1, -0.05) is 68.2 Å². The van der Waals surface area contributed by atoms with Crippen LogP contribution >= 0.6 is 0 Å². The third kappa shape index (κ3) is 6.18. The van der Waals surface area contributed by atoms with Crippen LogP contribution in [0.25, 0.3) is 0 Å². The molecular formula is C36H62N4O2. The fraction of sp³-hybridized carbons (Fsp3) is 0.778. The van der Waals surface area contributed by atoms with E-state index in [1.807, 2.05) is 34.3 Å². The summed E-state index contributed by atoms with van der Waals surface area (Å²) < 4.78 is 0. The maximum absolute atomic E-state index is 14.1. The van der Waals surface area contributed by atoms with Crippen molar-refractivity contribution in [3.05, 3.63) is 35.4 Å². The summed E-state index contributed by atoms with van der Waals surface area (Å²) in [6.07, 6.45) is 6.10. The van der Waals surface area contributed by atoms with Gasteiger partial charge in [0.2, 0.25) is 0 Å². The number of rotatable bonds is 10. The number of piperidine rings is 2. The SMILES string of the molecule is CCCCN(C(=O)c1ccc(C(=O)N(CCCC)N2CCC(C)C(C)(C)C2(C)C)cc1)N1CCC(C)C(C)(C)C1(C)C. The molecule has 2 unspecified atom stereocenters. The molecular weight excluding hydrogens is 520 g/mol. The summed E-state index contributed by atoms with van der Waals surface area (Å²) in [5.74, 6) is 1.20. The van der Waals surface area contributed by atoms with Gasteiger partial charge < -0.3 is 0 Å². The third-order valence-corrected chi connectivity index (χ3v) is 12.3. The maximum Gasteiger partial charge on any atom is 0.268 e. The minimum absolute atomic E-state index is 0.0246. The van der Waals surface area contributed by atoms with Crippen LogP contribution in [0.15, 0.2) is 24.3 Å². The van der Waals surface area contributed by atoms with Crippen molar-refractivity contribution in [2.24, 2.45) is 22.7 Å². The molecule has 3 rings (SSSR count). The topological polar surface area (TPSA) is 47.1 Å². The first-order chi connectivity index (χ1) is 19.5. The summed E-state index contributed by atoms with van der Waals surface area (Å²) in [7, 11) is 0. The van der Waals surface area contributed by atoms with Crippen LogP contribution in [0.3, 0.4) is 0 Å². The molecule has 2 atom stereocenters. The van der Waals surface area contributed by atoms with E-state index >= 15 is 0 Å². The van der Waals surface area contributed by atoms with Gasteiger partial charge in [0.25, 0.3) is 11.8 Å². The Bertz CT molecular complexity index is 989. The van der Waals surface area contributed by atoms with Crippen LogP contribution in [0.5, 0.6) is 0 Å². The van der Waals surface area contributed by atoms with E-state index in [1.54, 1.807) is 0 Å². The Morgan fingerprint density at radius 2 is 0.976 bits per heavy atom. The number of carbonyl (C=O) groups excluding carboxylic acids is 2. The van der Waals surface area contributed by atoms with Gasteiger partial charge in [-0.05, 0) is 100 Å². The molecule has 0 aliphatic carbocycles. The molecule has 1 aromatic rings. The maximum atomic E-state index is 14.1. The van der Waals surface area contributed by atoms with Crippen molar-refractivity contribution >= 4 is 11.8 Å². The van der Waals surface area contributed by atoms with Gasteiger partial charge in [0.1, 0.15) is 0 Å². The number of benzene rings is 1. The number of carbonyl (C=O) groups is 2. The molecule has 0 radical (unpaired) electrons. The van der Waals surface area contributed by atoms with E-state index in [4.69, 9.17) is 0 Å². The van der Waals surface area contributed by atoms with Gasteiger partial charge in [-0.15, -0.1) is 0 Å². The third-order valence-electron chi connectivity index (χ3n) is 12.3. The van der Waals surface area contributed by atoms with Crippen molar-refractivity contribution in [3.63, 3.8) is 0 Å². The summed E-state index contributed by atoms with van der Waals surface area (Å²) in [6.45, 7) is 30.6. The highest BCUT2D eigenvalue weighted by Gasteiger charge is 2.52. The van der Waals surface area contributed by atoms with Crippen molar-refractivity contribution < 1.29 is 9.59 Å². The first-order valence-corrected chi connectivity index (χ1v) is 16.8. The zero-order valence-electron chi connectivity index (χ0n) is 29.1. The highest BCUT2D eigenvalue weighted by molar-refractivity contribution is 5.97. The summed E-state index contributed by atoms with van der Waals surface area (Å²) >= 11 is 0. The zero-order chi connectivity index (χ0) is 31.7. The number of hydrazine groups is 2. The minimum atomic E-state index is -0.170. The van der Waals surface area contributed by atoms with Crippen LogP contribution in [0.1, 0.15) is 142 Å². The van der Waals surface area contributed by atoms with Gasteiger partial charge in [-0.25, -0.2) is 10.0 Å². The molecule has 2 aliphatic heterocycles. The van der Waals surface area contributed by atoms with Crippen LogP contribution in [0.2, 0.25) is 0 Å². The number of amides is 2. The van der Waals surface area contributed by atoms with E-state index in [0.29, 0.717) is 36.1 Å². The second-order valence-electron chi connectivity index (χ2n) is 15.3. The molecule has 0 spiro atoms. The predicted octanol–water partition coefficient (Wildman–Crippen LogP) is 8.29. The summed E-state index contributed by atoms with van der Waals surface area (Å²) in [4.78, 5) is 28.2. The molecule has 238 valence electrons. The Hall–Kier alpha value is -1.92. The van der Waals surface area contributed by atoms with Crippen LogP contribution in [0.4, 0.5) is 0 Å². The van der Waals surface area contributed by atoms with Gasteiger partial charge in [0, 0.05) is 48.4 Å². The van der Waals surface area contributed by atoms with E-state index in [9.17, 15) is 9.59 Å². The lowest BCUT2D eigenvalue weighted by molar-refractivity contribution is -0.161. The second kappa shape index (κ2) is 13.0. The molecule has 0 aromatic heterocycles. The van der Waals surface area contributed by atoms with E-state index in [2.05, 4.69) is 93.1 Å². The van der Waals surface area contributed by atoms with Gasteiger partial charge in [-0.3, -0.25) is 19.6 Å². The lowest BCUT2D eigenvalue weighted by Crippen LogP contribution is -2.67. The van der Waals surface area contributed by atoms with Gasteiger partial charge in [-0.2, -0.15) is 0 Å². The van der Waals surface area contributed by atoms with Crippen LogP contribution in [-0.2, 0) is 0 Å². The standard InChI is InChI=1S/C36H62N4O2/c1-13-15-23-37(39-25-21-27(3)33(5,6)35(39,9)10)31(41)29-17-19-30(20-18-29)32(42)38(24-16-14-2)40-26-22-28(4)34(7,8)36(40,11)12/h17-20,27-28H,13-16,21-26H2,1-12H3. The van der Waals surface area contributed by atoms with E-state index in [0.717, 1.165) is 51.6 Å². The average Bonchev–Trinajstić information content (AvgIpc) is 2.93. The normalized spacial score (nSPS) is 25.1. The molecule has 2 aliphatic rings. The van der Waals surface area contributed by atoms with Crippen LogP contribution < -0.4 is 0 Å². The fourth-order valence-electron chi connectivity index (χ4n) is 6.96. The molecule has 1 aromatic carbocycles. The Morgan fingerprint density at radius 3 is 1.26 bits per heavy atom. The Kier molecular flexibility index (Phi) is 10.7. The Balaban J connectivity index is 1.90. The number of hydrogen-bond acceptors (Lipinski definition) is 4. The number of unbranched alkanes of at least 4 members (excludes halogenated alkanes) is 2.